The van der Waals surface area contributed by atoms with Crippen molar-refractivity contribution >= 4 is 23.0 Å². The number of carbonyl (C=O) groups is 1. The van der Waals surface area contributed by atoms with E-state index in [9.17, 15) is 14.9 Å². The quantitative estimate of drug-likeness (QED) is 0.479. The summed E-state index contributed by atoms with van der Waals surface area (Å²) >= 11 is 0. The van der Waals surface area contributed by atoms with E-state index in [0.717, 1.165) is 19.4 Å². The highest BCUT2D eigenvalue weighted by atomic mass is 16.6. The third kappa shape index (κ3) is 2.44. The highest BCUT2D eigenvalue weighted by Gasteiger charge is 2.31. The number of nitro groups is 1. The number of amides is 1. The molecule has 19 heavy (non-hydrogen) atoms. The molecule has 0 saturated carbocycles. The fraction of sp³-hybridized carbons (Fsp3) is 0.417. The standard InChI is InChI=1S/C12H16N4O3/c1-14-12(17)11-3-2-6-15(11)10-5-4-8(16(18)19)7-9(10)13/h4-5,7,11H,2-3,6,13H2,1H3,(H,14,17). The molecule has 0 aliphatic carbocycles. The van der Waals surface area contributed by atoms with Gasteiger partial charge in [0.05, 0.1) is 16.3 Å². The van der Waals surface area contributed by atoms with Crippen molar-refractivity contribution in [3.05, 3.63) is 28.3 Å². The van der Waals surface area contributed by atoms with Gasteiger partial charge in [-0.2, -0.15) is 0 Å². The lowest BCUT2D eigenvalue weighted by Gasteiger charge is -2.26. The van der Waals surface area contributed by atoms with E-state index in [1.807, 2.05) is 4.90 Å². The Hall–Kier alpha value is -2.31. The van der Waals surface area contributed by atoms with E-state index in [-0.39, 0.29) is 17.6 Å². The monoisotopic (exact) mass is 264 g/mol. The molecule has 1 unspecified atom stereocenters. The molecule has 0 aromatic heterocycles. The van der Waals surface area contributed by atoms with Crippen LogP contribution in [-0.2, 0) is 4.79 Å². The molecule has 1 amide bonds. The van der Waals surface area contributed by atoms with Crippen molar-refractivity contribution in [3.63, 3.8) is 0 Å². The first kappa shape index (κ1) is 13.1. The summed E-state index contributed by atoms with van der Waals surface area (Å²) in [6.45, 7) is 0.722. The first-order valence-electron chi connectivity index (χ1n) is 6.06. The van der Waals surface area contributed by atoms with Crippen LogP contribution in [0.4, 0.5) is 17.1 Å². The predicted octanol–water partition coefficient (Wildman–Crippen LogP) is 0.892. The fourth-order valence-corrected chi connectivity index (χ4v) is 2.41. The number of anilines is 2. The van der Waals surface area contributed by atoms with E-state index in [2.05, 4.69) is 5.32 Å². The van der Waals surface area contributed by atoms with Crippen LogP contribution in [0.25, 0.3) is 0 Å². The number of hydrogen-bond donors (Lipinski definition) is 2. The minimum Gasteiger partial charge on any atom is -0.397 e. The van der Waals surface area contributed by atoms with Crippen LogP contribution >= 0.6 is 0 Å². The second-order valence-corrected chi connectivity index (χ2v) is 4.47. The van der Waals surface area contributed by atoms with E-state index in [1.165, 1.54) is 12.1 Å². The molecule has 1 aromatic carbocycles. The summed E-state index contributed by atoms with van der Waals surface area (Å²) in [5.74, 6) is -0.0600. The molecule has 1 atom stereocenters. The Morgan fingerprint density at radius 2 is 2.32 bits per heavy atom. The van der Waals surface area contributed by atoms with Crippen LogP contribution in [0.3, 0.4) is 0 Å². The number of benzene rings is 1. The maximum Gasteiger partial charge on any atom is 0.271 e. The van der Waals surface area contributed by atoms with E-state index >= 15 is 0 Å². The SMILES string of the molecule is CNC(=O)C1CCCN1c1ccc([N+](=O)[O-])cc1N. The number of nitrogens with two attached hydrogens (primary N) is 1. The van der Waals surface area contributed by atoms with Gasteiger partial charge in [-0.3, -0.25) is 14.9 Å². The molecule has 7 heteroatoms. The molecule has 3 N–H and O–H groups in total. The molecule has 0 radical (unpaired) electrons. The number of carbonyl (C=O) groups excluding carboxylic acids is 1. The van der Waals surface area contributed by atoms with E-state index < -0.39 is 4.92 Å². The van der Waals surface area contributed by atoms with Gasteiger partial charge in [0.15, 0.2) is 0 Å². The van der Waals surface area contributed by atoms with E-state index in [0.29, 0.717) is 11.4 Å². The number of rotatable bonds is 3. The summed E-state index contributed by atoms with van der Waals surface area (Å²) in [5.41, 5.74) is 6.82. The lowest BCUT2D eigenvalue weighted by atomic mass is 10.1. The van der Waals surface area contributed by atoms with Crippen molar-refractivity contribution in [1.29, 1.82) is 0 Å². The normalized spacial score (nSPS) is 18.4. The average molecular weight is 264 g/mol. The van der Waals surface area contributed by atoms with Gasteiger partial charge in [-0.1, -0.05) is 0 Å². The molecule has 1 heterocycles. The summed E-state index contributed by atoms with van der Waals surface area (Å²) in [4.78, 5) is 23.9. The molecule has 1 aliphatic rings. The van der Waals surface area contributed by atoms with Crippen LogP contribution < -0.4 is 16.0 Å². The van der Waals surface area contributed by atoms with Gasteiger partial charge >= 0.3 is 0 Å². The van der Waals surface area contributed by atoms with Gasteiger partial charge in [-0.25, -0.2) is 0 Å². The molecular weight excluding hydrogens is 248 g/mol. The van der Waals surface area contributed by atoms with Gasteiger partial charge in [0.1, 0.15) is 6.04 Å². The lowest BCUT2D eigenvalue weighted by molar-refractivity contribution is -0.384. The first-order chi connectivity index (χ1) is 9.04. The van der Waals surface area contributed by atoms with Crippen molar-refractivity contribution in [2.75, 3.05) is 24.2 Å². The van der Waals surface area contributed by atoms with E-state index in [1.54, 1.807) is 13.1 Å². The Labute approximate surface area is 110 Å². The number of nitrogens with zero attached hydrogens (tertiary/aromatic N) is 2. The Morgan fingerprint density at radius 3 is 2.89 bits per heavy atom. The summed E-state index contributed by atoms with van der Waals surface area (Å²) in [6.07, 6.45) is 1.66. The van der Waals surface area contributed by atoms with Crippen molar-refractivity contribution in [3.8, 4) is 0 Å². The third-order valence-corrected chi connectivity index (χ3v) is 3.33. The van der Waals surface area contributed by atoms with Crippen LogP contribution in [0.5, 0.6) is 0 Å². The molecule has 1 fully saturated rings. The van der Waals surface area contributed by atoms with Gasteiger partial charge in [0.25, 0.3) is 5.69 Å². The highest BCUT2D eigenvalue weighted by Crippen LogP contribution is 2.32. The maximum absolute atomic E-state index is 11.8. The summed E-state index contributed by atoms with van der Waals surface area (Å²) in [7, 11) is 1.60. The van der Waals surface area contributed by atoms with Gasteiger partial charge in [0.2, 0.25) is 5.91 Å². The third-order valence-electron chi connectivity index (χ3n) is 3.33. The zero-order chi connectivity index (χ0) is 14.0. The molecule has 0 spiro atoms. The fourth-order valence-electron chi connectivity index (χ4n) is 2.41. The molecule has 102 valence electrons. The van der Waals surface area contributed by atoms with Crippen LogP contribution in [-0.4, -0.2) is 30.5 Å². The van der Waals surface area contributed by atoms with E-state index in [4.69, 9.17) is 5.73 Å². The topological polar surface area (TPSA) is 102 Å². The second kappa shape index (κ2) is 5.13. The highest BCUT2D eigenvalue weighted by molar-refractivity contribution is 5.87. The molecular formula is C12H16N4O3. The zero-order valence-electron chi connectivity index (χ0n) is 10.6. The van der Waals surface area contributed by atoms with Crippen molar-refractivity contribution < 1.29 is 9.72 Å². The number of likely N-dealkylation sites (N-methyl/N-ethyl adjacent to an activating group) is 1. The minimum absolute atomic E-state index is 0.0445. The molecule has 2 rings (SSSR count). The van der Waals surface area contributed by atoms with Crippen molar-refractivity contribution in [2.24, 2.45) is 0 Å². The average Bonchev–Trinajstić information content (AvgIpc) is 2.86. The van der Waals surface area contributed by atoms with Gasteiger partial charge in [-0.15, -0.1) is 0 Å². The number of nitro benzene ring substituents is 1. The zero-order valence-corrected chi connectivity index (χ0v) is 10.6. The molecule has 0 bridgehead atoms. The maximum atomic E-state index is 11.8. The van der Waals surface area contributed by atoms with Crippen molar-refractivity contribution in [1.82, 2.24) is 5.32 Å². The molecule has 1 saturated heterocycles. The number of nitrogens with one attached hydrogen (secondary N) is 1. The summed E-state index contributed by atoms with van der Waals surface area (Å²) in [6, 6.07) is 4.09. The summed E-state index contributed by atoms with van der Waals surface area (Å²) < 4.78 is 0. The van der Waals surface area contributed by atoms with Gasteiger partial charge in [-0.05, 0) is 18.9 Å². The number of hydrogen-bond acceptors (Lipinski definition) is 5. The van der Waals surface area contributed by atoms with Gasteiger partial charge < -0.3 is 16.0 Å². The van der Waals surface area contributed by atoms with Crippen molar-refractivity contribution in [2.45, 2.75) is 18.9 Å². The second-order valence-electron chi connectivity index (χ2n) is 4.47. The number of nitrogen functional groups attached to an aromatic ring is 1. The Kier molecular flexibility index (Phi) is 3.55. The molecule has 7 nitrogen and oxygen atoms in total. The predicted molar refractivity (Wildman–Crippen MR) is 71.9 cm³/mol. The van der Waals surface area contributed by atoms with Crippen LogP contribution in [0.2, 0.25) is 0 Å². The first-order valence-corrected chi connectivity index (χ1v) is 6.06. The Morgan fingerprint density at radius 1 is 1.58 bits per heavy atom. The van der Waals surface area contributed by atoms with Gasteiger partial charge in [0, 0.05) is 25.7 Å². The lowest BCUT2D eigenvalue weighted by Crippen LogP contribution is -2.42. The smallest absolute Gasteiger partial charge is 0.271 e. The molecule has 1 aromatic rings. The largest absolute Gasteiger partial charge is 0.397 e. The molecule has 1 aliphatic heterocycles. The Balaban J connectivity index is 2.31. The van der Waals surface area contributed by atoms with Crippen LogP contribution in [0, 0.1) is 10.1 Å². The summed E-state index contributed by atoms with van der Waals surface area (Å²) in [5, 5.41) is 13.3. The van der Waals surface area contributed by atoms with Crippen LogP contribution in [0.1, 0.15) is 12.8 Å². The Bertz CT molecular complexity index is 518. The van der Waals surface area contributed by atoms with Crippen LogP contribution in [0.15, 0.2) is 18.2 Å². The number of non-ortho nitro benzene ring substituents is 1. The minimum atomic E-state index is -0.486.